The molecule has 0 unspecified atom stereocenters. The molecule has 67 valence electrons. The summed E-state index contributed by atoms with van der Waals surface area (Å²) >= 11 is 0. The standard InChI is InChI=1S/C9H19O2/c1-2-11-9-7-5-3-4-6-8-10/h2-9H2,1H3. The Morgan fingerprint density at radius 3 is 2.27 bits per heavy atom. The van der Waals surface area contributed by atoms with Crippen molar-refractivity contribution in [1.82, 2.24) is 0 Å². The minimum atomic E-state index is 0.0888. The molecule has 0 aromatic rings. The largest absolute Gasteiger partial charge is 0.382 e. The van der Waals surface area contributed by atoms with Gasteiger partial charge in [0.05, 0.1) is 6.61 Å². The van der Waals surface area contributed by atoms with Crippen molar-refractivity contribution in [3.8, 4) is 0 Å². The highest BCUT2D eigenvalue weighted by Crippen LogP contribution is 2.02. The SMILES string of the molecule is CCOCCCCCCC[O]. The van der Waals surface area contributed by atoms with Gasteiger partial charge in [-0.05, 0) is 19.8 Å². The normalized spacial score (nSPS) is 10.4. The average molecular weight is 159 g/mol. The molecule has 0 spiro atoms. The van der Waals surface area contributed by atoms with Crippen LogP contribution in [0.4, 0.5) is 0 Å². The van der Waals surface area contributed by atoms with E-state index in [-0.39, 0.29) is 6.61 Å². The lowest BCUT2D eigenvalue weighted by atomic mass is 10.1. The van der Waals surface area contributed by atoms with E-state index < -0.39 is 0 Å². The van der Waals surface area contributed by atoms with Gasteiger partial charge in [0.1, 0.15) is 0 Å². The Kier molecular flexibility index (Phi) is 9.85. The van der Waals surface area contributed by atoms with Crippen LogP contribution < -0.4 is 0 Å². The van der Waals surface area contributed by atoms with Crippen LogP contribution >= 0.6 is 0 Å². The Hall–Kier alpha value is -0.0800. The molecule has 0 saturated heterocycles. The molecule has 0 aromatic heterocycles. The molecule has 0 fully saturated rings. The van der Waals surface area contributed by atoms with Crippen molar-refractivity contribution < 1.29 is 9.84 Å². The predicted octanol–water partition coefficient (Wildman–Crippen LogP) is 2.40. The molecule has 2 nitrogen and oxygen atoms in total. The van der Waals surface area contributed by atoms with E-state index in [2.05, 4.69) is 0 Å². The molecular weight excluding hydrogens is 140 g/mol. The Balaban J connectivity index is 2.69. The third-order valence-electron chi connectivity index (χ3n) is 1.64. The second kappa shape index (κ2) is 9.92. The van der Waals surface area contributed by atoms with Gasteiger partial charge < -0.3 is 4.74 Å². The minimum Gasteiger partial charge on any atom is -0.382 e. The van der Waals surface area contributed by atoms with Crippen LogP contribution in [0.25, 0.3) is 0 Å². The Morgan fingerprint density at radius 2 is 1.64 bits per heavy atom. The highest BCUT2D eigenvalue weighted by molar-refractivity contribution is 4.42. The first-order valence-electron chi connectivity index (χ1n) is 4.57. The Morgan fingerprint density at radius 1 is 1.00 bits per heavy atom. The van der Waals surface area contributed by atoms with Crippen LogP contribution in [0.5, 0.6) is 0 Å². The molecule has 2 heteroatoms. The van der Waals surface area contributed by atoms with Gasteiger partial charge in [0.2, 0.25) is 0 Å². The topological polar surface area (TPSA) is 29.1 Å². The summed E-state index contributed by atoms with van der Waals surface area (Å²) < 4.78 is 5.18. The van der Waals surface area contributed by atoms with E-state index in [1.165, 1.54) is 12.8 Å². The maximum atomic E-state index is 10.0. The van der Waals surface area contributed by atoms with Crippen molar-refractivity contribution in [3.05, 3.63) is 0 Å². The van der Waals surface area contributed by atoms with Crippen LogP contribution in [0.1, 0.15) is 39.0 Å². The molecule has 1 radical (unpaired) electrons. The van der Waals surface area contributed by atoms with Crippen LogP contribution in [0.2, 0.25) is 0 Å². The van der Waals surface area contributed by atoms with E-state index in [0.717, 1.165) is 32.5 Å². The minimum absolute atomic E-state index is 0.0888. The molecule has 0 aliphatic carbocycles. The van der Waals surface area contributed by atoms with Gasteiger partial charge >= 0.3 is 0 Å². The van der Waals surface area contributed by atoms with Crippen molar-refractivity contribution in [3.63, 3.8) is 0 Å². The molecule has 0 aromatic carbocycles. The maximum Gasteiger partial charge on any atom is 0.0822 e. The van der Waals surface area contributed by atoms with Crippen molar-refractivity contribution in [1.29, 1.82) is 0 Å². The Labute approximate surface area is 69.6 Å². The second-order valence-corrected chi connectivity index (χ2v) is 2.67. The maximum absolute atomic E-state index is 10.0. The first-order chi connectivity index (χ1) is 5.41. The fraction of sp³-hybridized carbons (Fsp3) is 1.00. The van der Waals surface area contributed by atoms with E-state index in [0.29, 0.717) is 0 Å². The van der Waals surface area contributed by atoms with Gasteiger partial charge in [-0.15, -0.1) is 0 Å². The fourth-order valence-corrected chi connectivity index (χ4v) is 0.981. The van der Waals surface area contributed by atoms with Gasteiger partial charge in [0, 0.05) is 13.2 Å². The first kappa shape index (κ1) is 10.9. The zero-order valence-electron chi connectivity index (χ0n) is 7.47. The van der Waals surface area contributed by atoms with Crippen molar-refractivity contribution in [2.45, 2.75) is 39.0 Å². The molecule has 0 saturated carbocycles. The van der Waals surface area contributed by atoms with Crippen LogP contribution in [0.15, 0.2) is 0 Å². The molecule has 0 atom stereocenters. The van der Waals surface area contributed by atoms with Crippen LogP contribution in [0.3, 0.4) is 0 Å². The molecule has 0 bridgehead atoms. The molecular formula is C9H19O2. The number of hydrogen-bond acceptors (Lipinski definition) is 1. The van der Waals surface area contributed by atoms with E-state index in [4.69, 9.17) is 4.74 Å². The summed E-state index contributed by atoms with van der Waals surface area (Å²) in [4.78, 5) is 0. The summed E-state index contributed by atoms with van der Waals surface area (Å²) in [5.74, 6) is 0. The third-order valence-corrected chi connectivity index (χ3v) is 1.64. The Bertz CT molecular complexity index is 56.6. The average Bonchev–Trinajstić information content (AvgIpc) is 2.03. The van der Waals surface area contributed by atoms with Gasteiger partial charge in [0.15, 0.2) is 0 Å². The van der Waals surface area contributed by atoms with Crippen molar-refractivity contribution in [2.75, 3.05) is 19.8 Å². The number of ether oxygens (including phenoxy) is 1. The van der Waals surface area contributed by atoms with E-state index in [1.54, 1.807) is 0 Å². The highest BCUT2D eigenvalue weighted by Gasteiger charge is 1.89. The number of hydrogen-bond donors (Lipinski definition) is 0. The van der Waals surface area contributed by atoms with Crippen molar-refractivity contribution in [2.24, 2.45) is 0 Å². The first-order valence-corrected chi connectivity index (χ1v) is 4.57. The number of rotatable bonds is 8. The summed E-state index contributed by atoms with van der Waals surface area (Å²) in [6, 6.07) is 0. The molecule has 11 heavy (non-hydrogen) atoms. The van der Waals surface area contributed by atoms with Crippen LogP contribution in [-0.4, -0.2) is 19.8 Å². The van der Waals surface area contributed by atoms with E-state index in [9.17, 15) is 5.11 Å². The van der Waals surface area contributed by atoms with Gasteiger partial charge in [0.25, 0.3) is 0 Å². The molecule has 0 aliphatic rings. The lowest BCUT2D eigenvalue weighted by molar-refractivity contribution is 0.142. The van der Waals surface area contributed by atoms with Crippen LogP contribution in [-0.2, 0) is 9.84 Å². The van der Waals surface area contributed by atoms with Gasteiger partial charge in [-0.2, -0.15) is 0 Å². The monoisotopic (exact) mass is 159 g/mol. The van der Waals surface area contributed by atoms with E-state index >= 15 is 0 Å². The molecule has 0 amide bonds. The molecule has 0 heterocycles. The molecule has 0 aliphatic heterocycles. The molecule has 0 rings (SSSR count). The summed E-state index contributed by atoms with van der Waals surface area (Å²) in [6.07, 6.45) is 5.48. The quantitative estimate of drug-likeness (QED) is 0.500. The third kappa shape index (κ3) is 9.92. The van der Waals surface area contributed by atoms with Crippen molar-refractivity contribution >= 4 is 0 Å². The van der Waals surface area contributed by atoms with Gasteiger partial charge in [-0.25, -0.2) is 5.11 Å². The summed E-state index contributed by atoms with van der Waals surface area (Å²) in [5, 5.41) is 10.0. The van der Waals surface area contributed by atoms with Gasteiger partial charge in [-0.1, -0.05) is 19.3 Å². The van der Waals surface area contributed by atoms with E-state index in [1.807, 2.05) is 6.92 Å². The van der Waals surface area contributed by atoms with Crippen LogP contribution in [0, 0.1) is 0 Å². The zero-order chi connectivity index (χ0) is 8.36. The highest BCUT2D eigenvalue weighted by atomic mass is 16.5. The lowest BCUT2D eigenvalue weighted by Gasteiger charge is -2.00. The summed E-state index contributed by atoms with van der Waals surface area (Å²) in [5.41, 5.74) is 0. The second-order valence-electron chi connectivity index (χ2n) is 2.67. The lowest BCUT2D eigenvalue weighted by Crippen LogP contribution is -1.93. The van der Waals surface area contributed by atoms with Gasteiger partial charge in [-0.3, -0.25) is 0 Å². The summed E-state index contributed by atoms with van der Waals surface area (Å²) in [7, 11) is 0. The predicted molar refractivity (Wildman–Crippen MR) is 45.1 cm³/mol. The zero-order valence-corrected chi connectivity index (χ0v) is 7.47. The molecule has 0 N–H and O–H groups in total. The summed E-state index contributed by atoms with van der Waals surface area (Å²) in [6.45, 7) is 3.80. The smallest absolute Gasteiger partial charge is 0.0822 e. The fourth-order valence-electron chi connectivity index (χ4n) is 0.981. The number of unbranched alkanes of at least 4 members (excludes halogenated alkanes) is 4.